The van der Waals surface area contributed by atoms with Crippen LogP contribution in [0, 0.1) is 0 Å². The van der Waals surface area contributed by atoms with Crippen LogP contribution in [0.4, 0.5) is 5.69 Å². The van der Waals surface area contributed by atoms with Crippen molar-refractivity contribution in [3.8, 4) is 11.5 Å². The number of aromatic nitrogens is 1. The second-order valence-electron chi connectivity index (χ2n) is 4.62. The summed E-state index contributed by atoms with van der Waals surface area (Å²) in [7, 11) is 0. The van der Waals surface area contributed by atoms with Gasteiger partial charge in [0.25, 0.3) is 5.91 Å². The lowest BCUT2D eigenvalue weighted by atomic mass is 10.2. The molecule has 0 unspecified atom stereocenters. The smallest absolute Gasteiger partial charge is 0.275 e. The van der Waals surface area contributed by atoms with Crippen molar-refractivity contribution in [2.75, 3.05) is 18.5 Å². The van der Waals surface area contributed by atoms with Gasteiger partial charge in [0.15, 0.2) is 11.5 Å². The summed E-state index contributed by atoms with van der Waals surface area (Å²) in [6.45, 7) is 0.828. The Kier molecular flexibility index (Phi) is 5.18. The molecular formula is C14H7Cl5N2O3. The third-order valence-corrected chi connectivity index (χ3v) is 5.07. The first kappa shape index (κ1) is 17.7. The molecule has 10 heteroatoms. The van der Waals surface area contributed by atoms with Gasteiger partial charge in [0.2, 0.25) is 0 Å². The summed E-state index contributed by atoms with van der Waals surface area (Å²) in [4.78, 5) is 16.3. The molecule has 0 atom stereocenters. The maximum absolute atomic E-state index is 12.4. The minimum atomic E-state index is -0.654. The Morgan fingerprint density at radius 2 is 1.58 bits per heavy atom. The van der Waals surface area contributed by atoms with E-state index in [2.05, 4.69) is 10.3 Å². The van der Waals surface area contributed by atoms with E-state index < -0.39 is 5.91 Å². The number of carbonyl (C=O) groups is 1. The van der Waals surface area contributed by atoms with E-state index in [-0.39, 0.29) is 30.9 Å². The Morgan fingerprint density at radius 3 is 2.25 bits per heavy atom. The molecule has 0 spiro atoms. The number of carbonyl (C=O) groups excluding carboxylic acids is 1. The van der Waals surface area contributed by atoms with Crippen molar-refractivity contribution >= 4 is 69.6 Å². The fourth-order valence-corrected chi connectivity index (χ4v) is 2.99. The summed E-state index contributed by atoms with van der Waals surface area (Å²) < 4.78 is 10.9. The highest BCUT2D eigenvalue weighted by Gasteiger charge is 2.22. The van der Waals surface area contributed by atoms with Crippen LogP contribution in [-0.2, 0) is 0 Å². The Balaban J connectivity index is 1.93. The van der Waals surface area contributed by atoms with Gasteiger partial charge in [0.1, 0.15) is 24.1 Å². The Bertz CT molecular complexity index is 844. The van der Waals surface area contributed by atoms with Gasteiger partial charge in [-0.2, -0.15) is 0 Å². The molecule has 24 heavy (non-hydrogen) atoms. The number of hydrogen-bond acceptors (Lipinski definition) is 4. The summed E-state index contributed by atoms with van der Waals surface area (Å²) in [5, 5.41) is 2.50. The molecule has 2 heterocycles. The molecule has 1 aliphatic heterocycles. The first-order valence-corrected chi connectivity index (χ1v) is 8.38. The molecule has 1 aliphatic rings. The minimum absolute atomic E-state index is 0.0303. The molecule has 1 aromatic heterocycles. The van der Waals surface area contributed by atoms with Crippen molar-refractivity contribution < 1.29 is 14.3 Å². The first-order chi connectivity index (χ1) is 11.4. The highest BCUT2D eigenvalue weighted by atomic mass is 35.5. The molecule has 3 rings (SSSR count). The van der Waals surface area contributed by atoms with E-state index in [0.717, 1.165) is 0 Å². The van der Waals surface area contributed by atoms with Crippen LogP contribution in [0.15, 0.2) is 12.1 Å². The molecule has 2 aromatic rings. The van der Waals surface area contributed by atoms with E-state index in [1.807, 2.05) is 0 Å². The summed E-state index contributed by atoms with van der Waals surface area (Å²) in [6, 6.07) is 3.09. The second-order valence-corrected chi connectivity index (χ2v) is 6.52. The lowest BCUT2D eigenvalue weighted by Crippen LogP contribution is -2.17. The lowest BCUT2D eigenvalue weighted by Gasteiger charge is -2.20. The van der Waals surface area contributed by atoms with Crippen molar-refractivity contribution in [1.82, 2.24) is 4.98 Å². The van der Waals surface area contributed by atoms with Crippen LogP contribution in [0.1, 0.15) is 10.5 Å². The Hall–Kier alpha value is -1.11. The molecule has 0 saturated heterocycles. The van der Waals surface area contributed by atoms with Gasteiger partial charge in [0, 0.05) is 12.1 Å². The van der Waals surface area contributed by atoms with Gasteiger partial charge in [-0.1, -0.05) is 58.0 Å². The molecule has 5 nitrogen and oxygen atoms in total. The summed E-state index contributed by atoms with van der Waals surface area (Å²) in [6.07, 6.45) is 0. The minimum Gasteiger partial charge on any atom is -0.486 e. The zero-order chi connectivity index (χ0) is 17.4. The fourth-order valence-electron chi connectivity index (χ4n) is 1.98. The molecule has 0 radical (unpaired) electrons. The second kappa shape index (κ2) is 7.02. The third kappa shape index (κ3) is 3.32. The average Bonchev–Trinajstić information content (AvgIpc) is 2.56. The highest BCUT2D eigenvalue weighted by molar-refractivity contribution is 6.52. The van der Waals surface area contributed by atoms with Crippen LogP contribution in [0.3, 0.4) is 0 Å². The molecular weight excluding hydrogens is 421 g/mol. The number of amides is 1. The van der Waals surface area contributed by atoms with Crippen LogP contribution in [0.2, 0.25) is 25.2 Å². The average molecular weight is 428 g/mol. The van der Waals surface area contributed by atoms with Crippen molar-refractivity contribution in [2.24, 2.45) is 0 Å². The first-order valence-electron chi connectivity index (χ1n) is 6.49. The van der Waals surface area contributed by atoms with Crippen LogP contribution < -0.4 is 14.8 Å². The predicted octanol–water partition coefficient (Wildman–Crippen LogP) is 5.37. The molecule has 1 aromatic carbocycles. The number of benzene rings is 1. The molecule has 0 bridgehead atoms. The van der Waals surface area contributed by atoms with E-state index in [1.54, 1.807) is 12.1 Å². The van der Waals surface area contributed by atoms with Crippen molar-refractivity contribution in [3.05, 3.63) is 43.1 Å². The molecule has 0 fully saturated rings. The van der Waals surface area contributed by atoms with E-state index in [0.29, 0.717) is 30.4 Å². The highest BCUT2D eigenvalue weighted by Crippen LogP contribution is 2.39. The molecule has 1 amide bonds. The number of rotatable bonds is 2. The standard InChI is InChI=1S/C14H7Cl5N2O3/c15-5-3-7-8(24-2-1-23-7)4-6(5)20-14(22)12-10(17)9(16)11(18)13(19)21-12/h3-4H,1-2H2,(H,20,22). The van der Waals surface area contributed by atoms with Gasteiger partial charge in [-0.25, -0.2) is 4.98 Å². The van der Waals surface area contributed by atoms with Crippen molar-refractivity contribution in [1.29, 1.82) is 0 Å². The van der Waals surface area contributed by atoms with Crippen LogP contribution >= 0.6 is 58.0 Å². The maximum atomic E-state index is 12.4. The van der Waals surface area contributed by atoms with Gasteiger partial charge < -0.3 is 14.8 Å². The number of halogens is 5. The fraction of sp³-hybridized carbons (Fsp3) is 0.143. The topological polar surface area (TPSA) is 60.5 Å². The Morgan fingerprint density at radius 1 is 0.958 bits per heavy atom. The number of nitrogens with one attached hydrogen (secondary N) is 1. The zero-order valence-corrected chi connectivity index (χ0v) is 15.4. The van der Waals surface area contributed by atoms with E-state index in [4.69, 9.17) is 67.5 Å². The largest absolute Gasteiger partial charge is 0.486 e. The normalized spacial score (nSPS) is 12.9. The number of fused-ring (bicyclic) bond motifs is 1. The number of pyridine rings is 1. The van der Waals surface area contributed by atoms with Gasteiger partial charge in [-0.15, -0.1) is 0 Å². The number of ether oxygens (including phenoxy) is 2. The van der Waals surface area contributed by atoms with E-state index in [1.165, 1.54) is 0 Å². The Labute approximate surface area is 161 Å². The molecule has 0 aliphatic carbocycles. The molecule has 1 N–H and O–H groups in total. The van der Waals surface area contributed by atoms with Gasteiger partial charge in [-0.05, 0) is 0 Å². The van der Waals surface area contributed by atoms with Gasteiger partial charge in [-0.3, -0.25) is 4.79 Å². The summed E-state index contributed by atoms with van der Waals surface area (Å²) in [5.74, 6) is 0.309. The van der Waals surface area contributed by atoms with Crippen LogP contribution in [0.5, 0.6) is 11.5 Å². The monoisotopic (exact) mass is 426 g/mol. The van der Waals surface area contributed by atoms with Crippen molar-refractivity contribution in [2.45, 2.75) is 0 Å². The summed E-state index contributed by atoms with van der Waals surface area (Å²) in [5.41, 5.74) is 0.119. The zero-order valence-electron chi connectivity index (χ0n) is 11.6. The molecule has 0 saturated carbocycles. The van der Waals surface area contributed by atoms with Crippen LogP contribution in [-0.4, -0.2) is 24.1 Å². The quantitative estimate of drug-likeness (QED) is 0.653. The van der Waals surface area contributed by atoms with E-state index >= 15 is 0 Å². The molecule has 126 valence electrons. The number of hydrogen-bond donors (Lipinski definition) is 1. The third-order valence-electron chi connectivity index (χ3n) is 3.08. The number of nitrogens with zero attached hydrogens (tertiary/aromatic N) is 1. The van der Waals surface area contributed by atoms with Crippen LogP contribution in [0.25, 0.3) is 0 Å². The van der Waals surface area contributed by atoms with Gasteiger partial charge >= 0.3 is 0 Å². The predicted molar refractivity (Wildman–Crippen MR) is 94.7 cm³/mol. The lowest BCUT2D eigenvalue weighted by molar-refractivity contribution is 0.102. The summed E-state index contributed by atoms with van der Waals surface area (Å²) >= 11 is 29.8. The van der Waals surface area contributed by atoms with E-state index in [9.17, 15) is 4.79 Å². The SMILES string of the molecule is O=C(Nc1cc2c(cc1Cl)OCCO2)c1nc(Cl)c(Cl)c(Cl)c1Cl. The maximum Gasteiger partial charge on any atom is 0.275 e. The number of anilines is 1. The van der Waals surface area contributed by atoms with Gasteiger partial charge in [0.05, 0.1) is 25.8 Å². The van der Waals surface area contributed by atoms with Crippen molar-refractivity contribution in [3.63, 3.8) is 0 Å².